The molecule has 2 aromatic heterocycles. The summed E-state index contributed by atoms with van der Waals surface area (Å²) in [5.74, 6) is 0.820. The number of hydrogen-bond donors (Lipinski definition) is 0. The smallest absolute Gasteiger partial charge is 0.278 e. The molecule has 0 saturated carbocycles. The van der Waals surface area contributed by atoms with E-state index in [4.69, 9.17) is 9.72 Å². The molecular weight excluding hydrogens is 412 g/mol. The van der Waals surface area contributed by atoms with Gasteiger partial charge in [0.25, 0.3) is 5.56 Å². The normalized spacial score (nSPS) is 11.2. The van der Waals surface area contributed by atoms with E-state index in [1.807, 2.05) is 67.1 Å². The number of fused-ring (bicyclic) bond motifs is 3. The topological polar surface area (TPSA) is 69.4 Å². The number of anilines is 1. The van der Waals surface area contributed by atoms with Crippen LogP contribution in [0.15, 0.2) is 58.5 Å². The minimum atomic E-state index is -0.114. The van der Waals surface area contributed by atoms with Gasteiger partial charge in [-0.15, -0.1) is 0 Å². The van der Waals surface area contributed by atoms with Crippen molar-refractivity contribution in [2.45, 2.75) is 18.6 Å². The molecule has 31 heavy (non-hydrogen) atoms. The van der Waals surface area contributed by atoms with Crippen molar-refractivity contribution in [2.75, 3.05) is 24.8 Å². The Bertz CT molecular complexity index is 1330. The lowest BCUT2D eigenvalue weighted by molar-refractivity contribution is -0.115. The number of carbonyl (C=O) groups excluding carboxylic acids is 1. The Balaban J connectivity index is 1.74. The summed E-state index contributed by atoms with van der Waals surface area (Å²) in [6.07, 6.45) is 0. The predicted octanol–water partition coefficient (Wildman–Crippen LogP) is 3.67. The van der Waals surface area contributed by atoms with Gasteiger partial charge in [0.2, 0.25) is 5.91 Å². The number of benzene rings is 2. The van der Waals surface area contributed by atoms with Crippen molar-refractivity contribution in [1.82, 2.24) is 14.1 Å². The second-order valence-corrected chi connectivity index (χ2v) is 8.10. The zero-order valence-corrected chi connectivity index (χ0v) is 18.8. The van der Waals surface area contributed by atoms with E-state index in [1.165, 1.54) is 11.8 Å². The third-order valence-corrected chi connectivity index (χ3v) is 6.39. The van der Waals surface area contributed by atoms with E-state index < -0.39 is 0 Å². The van der Waals surface area contributed by atoms with Crippen LogP contribution in [0.25, 0.3) is 21.9 Å². The highest BCUT2D eigenvalue weighted by molar-refractivity contribution is 7.99. The van der Waals surface area contributed by atoms with Crippen molar-refractivity contribution in [1.29, 1.82) is 0 Å². The molecule has 0 radical (unpaired) electrons. The van der Waals surface area contributed by atoms with E-state index >= 15 is 0 Å². The predicted molar refractivity (Wildman–Crippen MR) is 125 cm³/mol. The zero-order valence-electron chi connectivity index (χ0n) is 18.0. The number of amides is 1. The molecule has 0 saturated heterocycles. The first-order valence-electron chi connectivity index (χ1n) is 9.97. The number of para-hydroxylation sites is 1. The highest BCUT2D eigenvalue weighted by Crippen LogP contribution is 2.30. The largest absolute Gasteiger partial charge is 0.497 e. The van der Waals surface area contributed by atoms with E-state index in [2.05, 4.69) is 0 Å². The quantitative estimate of drug-likeness (QED) is 0.341. The number of aryl methyl sites for hydroxylation is 1. The second kappa shape index (κ2) is 8.47. The van der Waals surface area contributed by atoms with Gasteiger partial charge in [-0.2, -0.15) is 0 Å². The van der Waals surface area contributed by atoms with Gasteiger partial charge in [0.05, 0.1) is 18.4 Å². The van der Waals surface area contributed by atoms with Gasteiger partial charge in [0.1, 0.15) is 16.8 Å². The molecule has 0 unspecified atom stereocenters. The number of hydrogen-bond acceptors (Lipinski definition) is 5. The third kappa shape index (κ3) is 3.67. The molecule has 7 nitrogen and oxygen atoms in total. The standard InChI is InChI=1S/C23H24N4O3S/c1-5-27-22(29)21-20(17-13-16(30-4)11-12-18(17)26(21)3)24-23(27)31-14-19(28)25(2)15-9-7-6-8-10-15/h6-13H,5,14H2,1-4H3. The van der Waals surface area contributed by atoms with Gasteiger partial charge in [-0.25, -0.2) is 4.98 Å². The average Bonchev–Trinajstić information content (AvgIpc) is 3.08. The fourth-order valence-corrected chi connectivity index (χ4v) is 4.64. The first kappa shape index (κ1) is 21.0. The second-order valence-electron chi connectivity index (χ2n) is 7.16. The van der Waals surface area contributed by atoms with Crippen LogP contribution in [0.3, 0.4) is 0 Å². The Morgan fingerprint density at radius 2 is 1.94 bits per heavy atom. The van der Waals surface area contributed by atoms with Gasteiger partial charge in [-0.05, 0) is 37.3 Å². The summed E-state index contributed by atoms with van der Waals surface area (Å²) in [6.45, 7) is 2.38. The summed E-state index contributed by atoms with van der Waals surface area (Å²) in [5, 5.41) is 1.39. The summed E-state index contributed by atoms with van der Waals surface area (Å²) >= 11 is 1.28. The van der Waals surface area contributed by atoms with E-state index in [0.29, 0.717) is 28.5 Å². The van der Waals surface area contributed by atoms with Gasteiger partial charge in [-0.1, -0.05) is 30.0 Å². The summed E-state index contributed by atoms with van der Waals surface area (Å²) in [7, 11) is 5.23. The number of ether oxygens (including phenoxy) is 1. The summed E-state index contributed by atoms with van der Waals surface area (Å²) in [5.41, 5.74) is 2.78. The molecule has 0 aliphatic carbocycles. The fraction of sp³-hybridized carbons (Fsp3) is 0.261. The number of thioether (sulfide) groups is 1. The van der Waals surface area contributed by atoms with E-state index in [9.17, 15) is 9.59 Å². The Hall–Kier alpha value is -3.26. The lowest BCUT2D eigenvalue weighted by atomic mass is 10.2. The summed E-state index contributed by atoms with van der Waals surface area (Å²) in [4.78, 5) is 32.4. The highest BCUT2D eigenvalue weighted by Gasteiger charge is 2.20. The lowest BCUT2D eigenvalue weighted by Crippen LogP contribution is -2.29. The zero-order chi connectivity index (χ0) is 22.1. The molecule has 0 bridgehead atoms. The summed E-state index contributed by atoms with van der Waals surface area (Å²) < 4.78 is 8.85. The van der Waals surface area contributed by atoms with Crippen molar-refractivity contribution < 1.29 is 9.53 Å². The van der Waals surface area contributed by atoms with E-state index in [0.717, 1.165) is 16.6 Å². The Morgan fingerprint density at radius 3 is 2.61 bits per heavy atom. The van der Waals surface area contributed by atoms with Crippen molar-refractivity contribution in [3.8, 4) is 5.75 Å². The van der Waals surface area contributed by atoms with Crippen LogP contribution < -0.4 is 15.2 Å². The van der Waals surface area contributed by atoms with Crippen LogP contribution in [0.4, 0.5) is 5.69 Å². The van der Waals surface area contributed by atoms with E-state index in [1.54, 1.807) is 23.6 Å². The van der Waals surface area contributed by atoms with Crippen LogP contribution in [-0.2, 0) is 18.4 Å². The van der Waals surface area contributed by atoms with Crippen LogP contribution in [0.2, 0.25) is 0 Å². The number of nitrogens with zero attached hydrogens (tertiary/aromatic N) is 4. The van der Waals surface area contributed by atoms with Crippen LogP contribution in [0.5, 0.6) is 5.75 Å². The number of rotatable bonds is 6. The molecule has 0 spiro atoms. The van der Waals surface area contributed by atoms with Crippen LogP contribution in [0, 0.1) is 0 Å². The molecule has 160 valence electrons. The van der Waals surface area contributed by atoms with Gasteiger partial charge in [0.15, 0.2) is 5.16 Å². The summed E-state index contributed by atoms with van der Waals surface area (Å²) in [6, 6.07) is 15.2. The minimum absolute atomic E-state index is 0.0622. The van der Waals surface area contributed by atoms with Crippen LogP contribution in [0.1, 0.15) is 6.92 Å². The van der Waals surface area contributed by atoms with Crippen LogP contribution >= 0.6 is 11.8 Å². The van der Waals surface area contributed by atoms with Crippen molar-refractivity contribution in [2.24, 2.45) is 7.05 Å². The maximum absolute atomic E-state index is 13.3. The van der Waals surface area contributed by atoms with Crippen molar-refractivity contribution in [3.05, 3.63) is 58.9 Å². The monoisotopic (exact) mass is 436 g/mol. The first-order valence-corrected chi connectivity index (χ1v) is 11.0. The average molecular weight is 437 g/mol. The van der Waals surface area contributed by atoms with E-state index in [-0.39, 0.29) is 17.2 Å². The Kier molecular flexibility index (Phi) is 5.73. The lowest BCUT2D eigenvalue weighted by Gasteiger charge is -2.17. The molecular formula is C23H24N4O3S. The molecule has 0 N–H and O–H groups in total. The molecule has 8 heteroatoms. The molecule has 2 heterocycles. The Morgan fingerprint density at radius 1 is 1.19 bits per heavy atom. The van der Waals surface area contributed by atoms with Crippen molar-refractivity contribution >= 4 is 45.3 Å². The van der Waals surface area contributed by atoms with Crippen molar-refractivity contribution in [3.63, 3.8) is 0 Å². The Labute approximate surface area is 184 Å². The fourth-order valence-electron chi connectivity index (χ4n) is 3.67. The van der Waals surface area contributed by atoms with Gasteiger partial charge < -0.3 is 14.2 Å². The maximum Gasteiger partial charge on any atom is 0.278 e. The molecule has 0 aliphatic rings. The molecule has 2 aromatic carbocycles. The molecule has 4 rings (SSSR count). The molecule has 4 aromatic rings. The minimum Gasteiger partial charge on any atom is -0.497 e. The SMILES string of the molecule is CCn1c(SCC(=O)N(C)c2ccccc2)nc2c3cc(OC)ccc3n(C)c2c1=O. The molecule has 0 atom stereocenters. The first-order chi connectivity index (χ1) is 15.0. The molecule has 1 amide bonds. The maximum atomic E-state index is 13.3. The molecule has 0 aliphatic heterocycles. The van der Waals surface area contributed by atoms with Gasteiger partial charge in [0, 0.05) is 31.7 Å². The number of carbonyl (C=O) groups is 1. The number of aromatic nitrogens is 3. The third-order valence-electron chi connectivity index (χ3n) is 5.42. The van der Waals surface area contributed by atoms with Gasteiger partial charge >= 0.3 is 0 Å². The highest BCUT2D eigenvalue weighted by atomic mass is 32.2. The number of methoxy groups -OCH3 is 1. The van der Waals surface area contributed by atoms with Gasteiger partial charge in [-0.3, -0.25) is 14.2 Å². The molecule has 0 fully saturated rings. The van der Waals surface area contributed by atoms with Crippen LogP contribution in [-0.4, -0.2) is 39.9 Å².